The Labute approximate surface area is 153 Å². The van der Waals surface area contributed by atoms with Crippen molar-refractivity contribution >= 4 is 44.9 Å². The number of esters is 1. The molecule has 7 heteroatoms. The van der Waals surface area contributed by atoms with Crippen LogP contribution >= 0.6 is 15.9 Å². The molecule has 0 aliphatic rings. The lowest BCUT2D eigenvalue weighted by atomic mass is 10.2. The second kappa shape index (κ2) is 7.76. The lowest BCUT2D eigenvalue weighted by Crippen LogP contribution is -2.02. The summed E-state index contributed by atoms with van der Waals surface area (Å²) in [5, 5.41) is 6.36. The number of hydrogen-bond donors (Lipinski definition) is 2. The van der Waals surface area contributed by atoms with Crippen molar-refractivity contribution in [3.05, 3.63) is 71.0 Å². The van der Waals surface area contributed by atoms with Crippen molar-refractivity contribution in [1.82, 2.24) is 9.97 Å². The maximum Gasteiger partial charge on any atom is 0.337 e. The first kappa shape index (κ1) is 16.9. The molecule has 25 heavy (non-hydrogen) atoms. The number of anilines is 4. The topological polar surface area (TPSA) is 76.1 Å². The van der Waals surface area contributed by atoms with E-state index < -0.39 is 0 Å². The smallest absolute Gasteiger partial charge is 0.337 e. The molecule has 0 saturated heterocycles. The predicted molar refractivity (Wildman–Crippen MR) is 101 cm³/mol. The van der Waals surface area contributed by atoms with Gasteiger partial charge in [0.15, 0.2) is 0 Å². The minimum absolute atomic E-state index is 0.385. The number of carbonyl (C=O) groups excluding carboxylic acids is 1. The van der Waals surface area contributed by atoms with Crippen LogP contribution in [0.2, 0.25) is 0 Å². The van der Waals surface area contributed by atoms with E-state index in [-0.39, 0.29) is 5.97 Å². The predicted octanol–water partition coefficient (Wildman–Crippen LogP) is 4.51. The first-order chi connectivity index (χ1) is 12.1. The van der Waals surface area contributed by atoms with E-state index in [1.165, 1.54) is 13.4 Å². The molecule has 0 bridgehead atoms. The number of ether oxygens (including phenoxy) is 1. The highest BCUT2D eigenvalue weighted by atomic mass is 79.9. The molecule has 0 spiro atoms. The summed E-state index contributed by atoms with van der Waals surface area (Å²) < 4.78 is 5.74. The molecule has 2 aromatic carbocycles. The van der Waals surface area contributed by atoms with E-state index in [1.807, 2.05) is 30.3 Å². The van der Waals surface area contributed by atoms with E-state index in [9.17, 15) is 4.79 Å². The highest BCUT2D eigenvalue weighted by Gasteiger charge is 2.06. The van der Waals surface area contributed by atoms with Crippen LogP contribution in [0.25, 0.3) is 0 Å². The summed E-state index contributed by atoms with van der Waals surface area (Å²) in [6.45, 7) is 0. The van der Waals surface area contributed by atoms with Crippen LogP contribution in [0.15, 0.2) is 65.4 Å². The molecule has 3 aromatic rings. The van der Waals surface area contributed by atoms with E-state index in [0.717, 1.165) is 15.8 Å². The van der Waals surface area contributed by atoms with E-state index in [0.29, 0.717) is 17.2 Å². The summed E-state index contributed by atoms with van der Waals surface area (Å²) in [6.07, 6.45) is 1.47. The zero-order valence-corrected chi connectivity index (χ0v) is 14.9. The molecule has 0 aliphatic carbocycles. The molecule has 0 unspecified atom stereocenters. The van der Waals surface area contributed by atoms with Crippen molar-refractivity contribution in [3.8, 4) is 0 Å². The van der Waals surface area contributed by atoms with Crippen LogP contribution in [-0.2, 0) is 4.74 Å². The number of methoxy groups -OCH3 is 1. The van der Waals surface area contributed by atoms with E-state index in [4.69, 9.17) is 4.74 Å². The maximum atomic E-state index is 11.6. The fourth-order valence-electron chi connectivity index (χ4n) is 2.16. The summed E-state index contributed by atoms with van der Waals surface area (Å²) in [5.74, 6) is 0.879. The van der Waals surface area contributed by atoms with E-state index in [2.05, 4.69) is 36.5 Å². The van der Waals surface area contributed by atoms with Crippen molar-refractivity contribution in [3.63, 3.8) is 0 Å². The monoisotopic (exact) mass is 398 g/mol. The van der Waals surface area contributed by atoms with Crippen molar-refractivity contribution < 1.29 is 9.53 Å². The zero-order chi connectivity index (χ0) is 17.6. The molecule has 0 aliphatic heterocycles. The molecular weight excluding hydrogens is 384 g/mol. The summed E-state index contributed by atoms with van der Waals surface area (Å²) in [7, 11) is 1.35. The molecule has 0 amide bonds. The fourth-order valence-corrected chi connectivity index (χ4v) is 2.43. The number of rotatable bonds is 5. The molecule has 126 valence electrons. The van der Waals surface area contributed by atoms with Crippen molar-refractivity contribution in [2.24, 2.45) is 0 Å². The van der Waals surface area contributed by atoms with Gasteiger partial charge in [0.2, 0.25) is 0 Å². The summed E-state index contributed by atoms with van der Waals surface area (Å²) >= 11 is 3.40. The Morgan fingerprint density at radius 1 is 0.960 bits per heavy atom. The van der Waals surface area contributed by atoms with Gasteiger partial charge in [-0.25, -0.2) is 14.8 Å². The first-order valence-corrected chi connectivity index (χ1v) is 8.23. The van der Waals surface area contributed by atoms with Gasteiger partial charge >= 0.3 is 5.97 Å². The van der Waals surface area contributed by atoms with Crippen LogP contribution in [0.4, 0.5) is 23.0 Å². The Kier molecular flexibility index (Phi) is 5.25. The lowest BCUT2D eigenvalue weighted by Gasteiger charge is -2.09. The number of halogens is 1. The second-order valence-electron chi connectivity index (χ2n) is 5.12. The van der Waals surface area contributed by atoms with Gasteiger partial charge in [0.05, 0.1) is 12.7 Å². The maximum absolute atomic E-state index is 11.6. The highest BCUT2D eigenvalue weighted by molar-refractivity contribution is 9.10. The average molecular weight is 399 g/mol. The second-order valence-corrected chi connectivity index (χ2v) is 6.03. The number of benzene rings is 2. The molecule has 6 nitrogen and oxygen atoms in total. The number of nitrogens with one attached hydrogen (secondary N) is 2. The van der Waals surface area contributed by atoms with Gasteiger partial charge in [0.1, 0.15) is 18.0 Å². The number of aromatic nitrogens is 2. The molecule has 3 rings (SSSR count). The standard InChI is InChI=1S/C18H15BrN4O2/c1-25-18(24)12-3-2-4-15(9-12)23-17-10-16(20-11-21-17)22-14-7-5-13(19)6-8-14/h2-11H,1H3,(H2,20,21,22,23). The minimum Gasteiger partial charge on any atom is -0.465 e. The number of hydrogen-bond acceptors (Lipinski definition) is 6. The summed E-state index contributed by atoms with van der Waals surface area (Å²) in [4.78, 5) is 20.0. The van der Waals surface area contributed by atoms with Gasteiger partial charge in [0.25, 0.3) is 0 Å². The van der Waals surface area contributed by atoms with E-state index >= 15 is 0 Å². The molecule has 0 fully saturated rings. The molecule has 0 atom stereocenters. The average Bonchev–Trinajstić information content (AvgIpc) is 2.63. The normalized spacial score (nSPS) is 10.2. The largest absolute Gasteiger partial charge is 0.465 e. The first-order valence-electron chi connectivity index (χ1n) is 7.44. The van der Waals surface area contributed by atoms with Gasteiger partial charge in [-0.3, -0.25) is 0 Å². The van der Waals surface area contributed by atoms with Crippen molar-refractivity contribution in [1.29, 1.82) is 0 Å². The van der Waals surface area contributed by atoms with Gasteiger partial charge in [0, 0.05) is 21.9 Å². The third-order valence-corrected chi connectivity index (χ3v) is 3.87. The third-order valence-electron chi connectivity index (χ3n) is 3.34. The Morgan fingerprint density at radius 3 is 2.32 bits per heavy atom. The van der Waals surface area contributed by atoms with E-state index in [1.54, 1.807) is 24.3 Å². The molecule has 1 heterocycles. The summed E-state index contributed by atoms with van der Waals surface area (Å²) in [6, 6.07) is 16.6. The third kappa shape index (κ3) is 4.54. The van der Waals surface area contributed by atoms with Gasteiger partial charge in [-0.1, -0.05) is 22.0 Å². The highest BCUT2D eigenvalue weighted by Crippen LogP contribution is 2.21. The zero-order valence-electron chi connectivity index (χ0n) is 13.4. The fraction of sp³-hybridized carbons (Fsp3) is 0.0556. The molecular formula is C18H15BrN4O2. The Balaban J connectivity index is 1.75. The van der Waals surface area contributed by atoms with Crippen LogP contribution in [0.1, 0.15) is 10.4 Å². The quantitative estimate of drug-likeness (QED) is 0.615. The lowest BCUT2D eigenvalue weighted by molar-refractivity contribution is 0.0601. The molecule has 0 radical (unpaired) electrons. The van der Waals surface area contributed by atoms with Crippen LogP contribution in [-0.4, -0.2) is 23.0 Å². The Bertz CT molecular complexity index is 884. The summed E-state index contributed by atoms with van der Waals surface area (Å²) in [5.41, 5.74) is 2.12. The van der Waals surface area contributed by atoms with Gasteiger partial charge in [-0.05, 0) is 42.5 Å². The number of carbonyl (C=O) groups is 1. The van der Waals surface area contributed by atoms with Gasteiger partial charge in [-0.15, -0.1) is 0 Å². The van der Waals surface area contributed by atoms with Gasteiger partial charge < -0.3 is 15.4 Å². The van der Waals surface area contributed by atoms with Crippen LogP contribution in [0, 0.1) is 0 Å². The Morgan fingerprint density at radius 2 is 1.64 bits per heavy atom. The Hall–Kier alpha value is -2.93. The van der Waals surface area contributed by atoms with Crippen LogP contribution in [0.3, 0.4) is 0 Å². The van der Waals surface area contributed by atoms with Crippen LogP contribution < -0.4 is 10.6 Å². The molecule has 1 aromatic heterocycles. The number of nitrogens with zero attached hydrogens (tertiary/aromatic N) is 2. The molecule has 0 saturated carbocycles. The minimum atomic E-state index is -0.385. The van der Waals surface area contributed by atoms with Crippen molar-refractivity contribution in [2.45, 2.75) is 0 Å². The van der Waals surface area contributed by atoms with Gasteiger partial charge in [-0.2, -0.15) is 0 Å². The molecule has 2 N–H and O–H groups in total. The SMILES string of the molecule is COC(=O)c1cccc(Nc2cc(Nc3ccc(Br)cc3)ncn2)c1. The van der Waals surface area contributed by atoms with Crippen molar-refractivity contribution in [2.75, 3.05) is 17.7 Å². The van der Waals surface area contributed by atoms with Crippen LogP contribution in [0.5, 0.6) is 0 Å².